The summed E-state index contributed by atoms with van der Waals surface area (Å²) in [5.74, 6) is 1.55. The predicted molar refractivity (Wildman–Crippen MR) is 104 cm³/mol. The van der Waals surface area contributed by atoms with Crippen LogP contribution >= 0.6 is 0 Å². The summed E-state index contributed by atoms with van der Waals surface area (Å²) >= 11 is 0. The Morgan fingerprint density at radius 1 is 1.00 bits per heavy atom. The molecule has 0 amide bonds. The molecule has 0 saturated heterocycles. The summed E-state index contributed by atoms with van der Waals surface area (Å²) in [6, 6.07) is 15.0. The Bertz CT molecular complexity index is 650. The second-order valence-electron chi connectivity index (χ2n) is 6.69. The van der Waals surface area contributed by atoms with Crippen molar-refractivity contribution in [3.63, 3.8) is 0 Å². The van der Waals surface area contributed by atoms with Crippen molar-refractivity contribution in [1.29, 1.82) is 0 Å². The van der Waals surface area contributed by atoms with E-state index < -0.39 is 0 Å². The molecule has 2 atom stereocenters. The number of benzene rings is 2. The molecule has 0 aromatic heterocycles. The van der Waals surface area contributed by atoms with Gasteiger partial charge >= 0.3 is 0 Å². The van der Waals surface area contributed by atoms with Crippen molar-refractivity contribution < 1.29 is 4.74 Å². The van der Waals surface area contributed by atoms with E-state index in [0.717, 1.165) is 25.1 Å². The highest BCUT2D eigenvalue weighted by Gasteiger charge is 2.14. The lowest BCUT2D eigenvalue weighted by atomic mass is 9.98. The van der Waals surface area contributed by atoms with Gasteiger partial charge in [0.05, 0.1) is 6.54 Å². The molecule has 130 valence electrons. The van der Waals surface area contributed by atoms with E-state index in [1.807, 2.05) is 0 Å². The number of hydrogen-bond acceptors (Lipinski definition) is 2. The number of para-hydroxylation sites is 1. The minimum Gasteiger partial charge on any atom is -0.488 e. The molecule has 2 heteroatoms. The molecule has 0 radical (unpaired) electrons. The molecule has 2 nitrogen and oxygen atoms in total. The molecule has 2 aromatic rings. The van der Waals surface area contributed by atoms with E-state index in [4.69, 9.17) is 4.74 Å². The molecule has 0 aliphatic carbocycles. The van der Waals surface area contributed by atoms with Gasteiger partial charge in [0, 0.05) is 5.69 Å². The van der Waals surface area contributed by atoms with Gasteiger partial charge in [0.1, 0.15) is 11.9 Å². The largest absolute Gasteiger partial charge is 0.488 e. The minimum absolute atomic E-state index is 0.162. The lowest BCUT2D eigenvalue weighted by Crippen LogP contribution is -2.26. The number of aryl methyl sites for hydroxylation is 2. The van der Waals surface area contributed by atoms with Gasteiger partial charge in [-0.25, -0.2) is 0 Å². The molecular weight excluding hydrogens is 294 g/mol. The lowest BCUT2D eigenvalue weighted by molar-refractivity contribution is 0.207. The molecule has 0 aliphatic rings. The van der Waals surface area contributed by atoms with Crippen LogP contribution < -0.4 is 10.1 Å². The highest BCUT2D eigenvalue weighted by Crippen LogP contribution is 2.29. The Morgan fingerprint density at radius 2 is 1.75 bits per heavy atom. The van der Waals surface area contributed by atoms with Crippen molar-refractivity contribution >= 4 is 5.69 Å². The second-order valence-corrected chi connectivity index (χ2v) is 6.69. The van der Waals surface area contributed by atoms with E-state index in [-0.39, 0.29) is 6.10 Å². The van der Waals surface area contributed by atoms with Crippen molar-refractivity contribution in [3.8, 4) is 5.75 Å². The van der Waals surface area contributed by atoms with Crippen LogP contribution in [0.5, 0.6) is 5.75 Å². The molecule has 0 spiro atoms. The summed E-state index contributed by atoms with van der Waals surface area (Å²) in [6.07, 6.45) is 2.26. The number of hydrogen-bond donors (Lipinski definition) is 1. The molecule has 0 saturated carbocycles. The van der Waals surface area contributed by atoms with E-state index in [1.165, 1.54) is 22.4 Å². The second kappa shape index (κ2) is 8.77. The number of anilines is 1. The topological polar surface area (TPSA) is 21.3 Å². The molecule has 0 fully saturated rings. The first-order valence-corrected chi connectivity index (χ1v) is 9.11. The van der Waals surface area contributed by atoms with Crippen LogP contribution in [0.4, 0.5) is 5.69 Å². The zero-order valence-corrected chi connectivity index (χ0v) is 15.7. The fourth-order valence-electron chi connectivity index (χ4n) is 2.81. The van der Waals surface area contributed by atoms with Gasteiger partial charge in [-0.1, -0.05) is 51.1 Å². The van der Waals surface area contributed by atoms with Crippen LogP contribution in [0.2, 0.25) is 0 Å². The van der Waals surface area contributed by atoms with Crippen molar-refractivity contribution in [1.82, 2.24) is 0 Å². The summed E-state index contributed by atoms with van der Waals surface area (Å²) in [5, 5.41) is 3.56. The van der Waals surface area contributed by atoms with Crippen molar-refractivity contribution in [2.75, 3.05) is 11.9 Å². The number of nitrogens with one attached hydrogen (secondary N) is 1. The Hall–Kier alpha value is -1.96. The Balaban J connectivity index is 2.06. The summed E-state index contributed by atoms with van der Waals surface area (Å²) in [7, 11) is 0. The predicted octanol–water partition coefficient (Wildman–Crippen LogP) is 6.09. The van der Waals surface area contributed by atoms with Gasteiger partial charge in [-0.2, -0.15) is 0 Å². The van der Waals surface area contributed by atoms with Gasteiger partial charge in [-0.3, -0.25) is 0 Å². The van der Waals surface area contributed by atoms with Crippen LogP contribution in [0.25, 0.3) is 0 Å². The molecule has 24 heavy (non-hydrogen) atoms. The average Bonchev–Trinajstić information content (AvgIpc) is 2.60. The Morgan fingerprint density at radius 3 is 2.46 bits per heavy atom. The highest BCUT2D eigenvalue weighted by molar-refractivity contribution is 5.52. The lowest BCUT2D eigenvalue weighted by Gasteiger charge is -2.23. The molecule has 1 N–H and O–H groups in total. The van der Waals surface area contributed by atoms with Gasteiger partial charge in [0.15, 0.2) is 0 Å². The van der Waals surface area contributed by atoms with Crippen LogP contribution in [-0.2, 0) is 0 Å². The quantitative estimate of drug-likeness (QED) is 0.634. The molecule has 0 bridgehead atoms. The summed E-state index contributed by atoms with van der Waals surface area (Å²) in [5.41, 5.74) is 5.06. The average molecular weight is 325 g/mol. The minimum atomic E-state index is 0.162. The maximum absolute atomic E-state index is 6.35. The van der Waals surface area contributed by atoms with Crippen molar-refractivity contribution in [3.05, 3.63) is 59.2 Å². The van der Waals surface area contributed by atoms with Crippen LogP contribution in [0.15, 0.2) is 42.5 Å². The molecule has 0 heterocycles. The fraction of sp³-hybridized carbons (Fsp3) is 0.455. The maximum atomic E-state index is 6.35. The van der Waals surface area contributed by atoms with Gasteiger partial charge < -0.3 is 10.1 Å². The van der Waals surface area contributed by atoms with E-state index in [2.05, 4.69) is 82.4 Å². The first-order valence-electron chi connectivity index (χ1n) is 9.11. The fourth-order valence-corrected chi connectivity index (χ4v) is 2.81. The first kappa shape index (κ1) is 18.4. The van der Waals surface area contributed by atoms with Crippen LogP contribution in [-0.4, -0.2) is 12.6 Å². The zero-order valence-electron chi connectivity index (χ0n) is 15.7. The van der Waals surface area contributed by atoms with E-state index in [9.17, 15) is 0 Å². The van der Waals surface area contributed by atoms with Crippen molar-refractivity contribution in [2.24, 2.45) is 0 Å². The monoisotopic (exact) mass is 325 g/mol. The highest BCUT2D eigenvalue weighted by atomic mass is 16.5. The number of rotatable bonds is 8. The summed E-state index contributed by atoms with van der Waals surface area (Å²) < 4.78 is 6.35. The molecule has 0 unspecified atom stereocenters. The molecule has 2 rings (SSSR count). The third-order valence-corrected chi connectivity index (χ3v) is 4.72. The first-order chi connectivity index (χ1) is 11.5. The number of ether oxygens (including phenoxy) is 1. The normalized spacial score (nSPS) is 13.4. The van der Waals surface area contributed by atoms with E-state index in [0.29, 0.717) is 5.92 Å². The molecule has 0 aliphatic heterocycles. The molecular formula is C22H31NO. The maximum Gasteiger partial charge on any atom is 0.123 e. The summed E-state index contributed by atoms with van der Waals surface area (Å²) in [6.45, 7) is 11.7. The Labute approximate surface area is 147 Å². The third-order valence-electron chi connectivity index (χ3n) is 4.72. The Kier molecular flexibility index (Phi) is 6.72. The van der Waals surface area contributed by atoms with E-state index >= 15 is 0 Å². The van der Waals surface area contributed by atoms with Gasteiger partial charge in [0.2, 0.25) is 0 Å². The smallest absolute Gasteiger partial charge is 0.123 e. The van der Waals surface area contributed by atoms with Gasteiger partial charge in [-0.15, -0.1) is 0 Å². The SMILES string of the molecule is CC[C@H](CNc1cc(C)ccc1C)Oc1ccccc1[C@@H](C)CC. The van der Waals surface area contributed by atoms with Gasteiger partial charge in [-0.05, 0) is 61.4 Å². The van der Waals surface area contributed by atoms with E-state index in [1.54, 1.807) is 0 Å². The van der Waals surface area contributed by atoms with Crippen LogP contribution in [0.1, 0.15) is 56.2 Å². The van der Waals surface area contributed by atoms with Crippen molar-refractivity contribution in [2.45, 2.75) is 59.5 Å². The van der Waals surface area contributed by atoms with Gasteiger partial charge in [0.25, 0.3) is 0 Å². The molecule has 2 aromatic carbocycles. The third kappa shape index (κ3) is 4.77. The standard InChI is InChI=1S/C22H31NO/c1-6-17(4)20-10-8-9-11-22(20)24-19(7-2)15-23-21-14-16(3)12-13-18(21)5/h8-14,17,19,23H,6-7,15H2,1-5H3/t17-,19+/m0/s1. The van der Waals surface area contributed by atoms with Crippen LogP contribution in [0, 0.1) is 13.8 Å². The zero-order chi connectivity index (χ0) is 17.5. The van der Waals surface area contributed by atoms with Crippen LogP contribution in [0.3, 0.4) is 0 Å². The summed E-state index contributed by atoms with van der Waals surface area (Å²) in [4.78, 5) is 0.